The standard InChI is InChI=1S/C16H20/c1-3-8-14-10-5-7-12-16(14)15-11-6-4-9-13(15)2/h4,6-7,9,11-12H,3,5,8,10H2,1-2H3. The third kappa shape index (κ3) is 2.27. The molecule has 1 aliphatic rings. The second-order valence-electron chi connectivity index (χ2n) is 4.52. The van der Waals surface area contributed by atoms with Crippen molar-refractivity contribution in [3.05, 3.63) is 53.1 Å². The van der Waals surface area contributed by atoms with E-state index in [1.54, 1.807) is 5.57 Å². The first kappa shape index (κ1) is 11.2. The molecule has 0 heterocycles. The molecule has 0 bridgehead atoms. The Morgan fingerprint density at radius 2 is 2.00 bits per heavy atom. The zero-order valence-electron chi connectivity index (χ0n) is 10.3. The van der Waals surface area contributed by atoms with Crippen molar-refractivity contribution in [3.8, 4) is 0 Å². The summed E-state index contributed by atoms with van der Waals surface area (Å²) < 4.78 is 0. The first-order valence-electron chi connectivity index (χ1n) is 6.27. The Morgan fingerprint density at radius 1 is 1.19 bits per heavy atom. The van der Waals surface area contributed by atoms with Gasteiger partial charge in [-0.2, -0.15) is 0 Å². The topological polar surface area (TPSA) is 0 Å². The molecule has 0 nitrogen and oxygen atoms in total. The van der Waals surface area contributed by atoms with Crippen LogP contribution in [-0.2, 0) is 0 Å². The predicted octanol–water partition coefficient (Wildman–Crippen LogP) is 4.90. The van der Waals surface area contributed by atoms with E-state index in [1.165, 1.54) is 42.4 Å². The van der Waals surface area contributed by atoms with Gasteiger partial charge in [0.1, 0.15) is 0 Å². The van der Waals surface area contributed by atoms with Crippen molar-refractivity contribution in [2.24, 2.45) is 0 Å². The molecule has 0 amide bonds. The van der Waals surface area contributed by atoms with E-state index in [0.717, 1.165) is 0 Å². The van der Waals surface area contributed by atoms with E-state index in [0.29, 0.717) is 0 Å². The van der Waals surface area contributed by atoms with E-state index in [2.05, 4.69) is 50.3 Å². The lowest BCUT2D eigenvalue weighted by Gasteiger charge is -2.17. The summed E-state index contributed by atoms with van der Waals surface area (Å²) in [6.45, 7) is 4.47. The molecule has 0 fully saturated rings. The maximum absolute atomic E-state index is 2.32. The summed E-state index contributed by atoms with van der Waals surface area (Å²) in [4.78, 5) is 0. The molecule has 84 valence electrons. The smallest absolute Gasteiger partial charge is 0.0155 e. The maximum atomic E-state index is 2.32. The van der Waals surface area contributed by atoms with Crippen molar-refractivity contribution in [3.63, 3.8) is 0 Å². The number of benzene rings is 1. The fraction of sp³-hybridized carbons (Fsp3) is 0.375. The Kier molecular flexibility index (Phi) is 3.61. The van der Waals surface area contributed by atoms with Gasteiger partial charge in [0.05, 0.1) is 0 Å². The van der Waals surface area contributed by atoms with E-state index in [-0.39, 0.29) is 0 Å². The molecule has 16 heavy (non-hydrogen) atoms. The number of rotatable bonds is 3. The maximum Gasteiger partial charge on any atom is -0.0155 e. The van der Waals surface area contributed by atoms with Crippen LogP contribution in [0, 0.1) is 6.92 Å². The quantitative estimate of drug-likeness (QED) is 0.668. The van der Waals surface area contributed by atoms with Crippen molar-refractivity contribution in [1.82, 2.24) is 0 Å². The molecule has 0 N–H and O–H groups in total. The van der Waals surface area contributed by atoms with Crippen LogP contribution in [0.5, 0.6) is 0 Å². The molecule has 0 saturated carbocycles. The van der Waals surface area contributed by atoms with Gasteiger partial charge in [-0.05, 0) is 42.9 Å². The Bertz CT molecular complexity index is 421. The molecule has 0 heteroatoms. The lowest BCUT2D eigenvalue weighted by atomic mass is 9.88. The van der Waals surface area contributed by atoms with Gasteiger partial charge in [0, 0.05) is 0 Å². The van der Waals surface area contributed by atoms with Crippen LogP contribution in [0.2, 0.25) is 0 Å². The zero-order valence-corrected chi connectivity index (χ0v) is 10.3. The molecule has 1 aliphatic carbocycles. The van der Waals surface area contributed by atoms with E-state index >= 15 is 0 Å². The van der Waals surface area contributed by atoms with Gasteiger partial charge in [0.2, 0.25) is 0 Å². The van der Waals surface area contributed by atoms with Crippen molar-refractivity contribution >= 4 is 5.57 Å². The molecule has 0 aliphatic heterocycles. The minimum absolute atomic E-state index is 1.21. The second-order valence-corrected chi connectivity index (χ2v) is 4.52. The summed E-state index contributed by atoms with van der Waals surface area (Å²) in [5.41, 5.74) is 5.92. The minimum atomic E-state index is 1.21. The van der Waals surface area contributed by atoms with Gasteiger partial charge >= 0.3 is 0 Å². The van der Waals surface area contributed by atoms with Crippen LogP contribution in [-0.4, -0.2) is 0 Å². The number of hydrogen-bond donors (Lipinski definition) is 0. The first-order valence-corrected chi connectivity index (χ1v) is 6.27. The third-order valence-corrected chi connectivity index (χ3v) is 3.27. The molecular formula is C16H20. The van der Waals surface area contributed by atoms with Crippen LogP contribution < -0.4 is 0 Å². The third-order valence-electron chi connectivity index (χ3n) is 3.27. The van der Waals surface area contributed by atoms with Crippen LogP contribution in [0.15, 0.2) is 42.0 Å². The molecule has 0 saturated heterocycles. The van der Waals surface area contributed by atoms with Crippen LogP contribution in [0.4, 0.5) is 0 Å². The average molecular weight is 212 g/mol. The summed E-state index contributed by atoms with van der Waals surface area (Å²) >= 11 is 0. The number of hydrogen-bond acceptors (Lipinski definition) is 0. The largest absolute Gasteiger partial charge is 0.0836 e. The lowest BCUT2D eigenvalue weighted by Crippen LogP contribution is -1.96. The Labute approximate surface area is 98.7 Å². The molecular weight excluding hydrogens is 192 g/mol. The highest BCUT2D eigenvalue weighted by molar-refractivity contribution is 5.79. The van der Waals surface area contributed by atoms with Crippen molar-refractivity contribution in [1.29, 1.82) is 0 Å². The van der Waals surface area contributed by atoms with Crippen LogP contribution in [0.1, 0.15) is 43.7 Å². The minimum Gasteiger partial charge on any atom is -0.0836 e. The Morgan fingerprint density at radius 3 is 2.75 bits per heavy atom. The van der Waals surface area contributed by atoms with E-state index in [4.69, 9.17) is 0 Å². The van der Waals surface area contributed by atoms with Gasteiger partial charge in [-0.25, -0.2) is 0 Å². The van der Waals surface area contributed by atoms with E-state index in [9.17, 15) is 0 Å². The van der Waals surface area contributed by atoms with Gasteiger partial charge in [-0.1, -0.05) is 55.3 Å². The fourth-order valence-electron chi connectivity index (χ4n) is 2.43. The van der Waals surface area contributed by atoms with Crippen molar-refractivity contribution in [2.45, 2.75) is 39.5 Å². The van der Waals surface area contributed by atoms with Crippen molar-refractivity contribution < 1.29 is 0 Å². The molecule has 0 aromatic heterocycles. The van der Waals surface area contributed by atoms with Gasteiger partial charge in [-0.3, -0.25) is 0 Å². The molecule has 0 spiro atoms. The van der Waals surface area contributed by atoms with Crippen LogP contribution >= 0.6 is 0 Å². The van der Waals surface area contributed by atoms with E-state index in [1.807, 2.05) is 0 Å². The van der Waals surface area contributed by atoms with Crippen molar-refractivity contribution in [2.75, 3.05) is 0 Å². The average Bonchev–Trinajstić information content (AvgIpc) is 2.31. The summed E-state index contributed by atoms with van der Waals surface area (Å²) in [5, 5.41) is 0. The fourth-order valence-corrected chi connectivity index (χ4v) is 2.43. The Hall–Kier alpha value is -1.30. The number of aryl methyl sites for hydroxylation is 1. The SMILES string of the molecule is CCCC1=C(c2ccccc2C)C=CCC1. The highest BCUT2D eigenvalue weighted by Crippen LogP contribution is 2.31. The molecule has 2 rings (SSSR count). The predicted molar refractivity (Wildman–Crippen MR) is 71.4 cm³/mol. The van der Waals surface area contributed by atoms with Gasteiger partial charge in [0.15, 0.2) is 0 Å². The molecule has 1 aromatic rings. The van der Waals surface area contributed by atoms with Gasteiger partial charge in [0.25, 0.3) is 0 Å². The van der Waals surface area contributed by atoms with Crippen LogP contribution in [0.25, 0.3) is 5.57 Å². The monoisotopic (exact) mass is 212 g/mol. The molecule has 0 atom stereocenters. The molecule has 1 aromatic carbocycles. The number of allylic oxidation sites excluding steroid dienone is 4. The normalized spacial score (nSPS) is 15.6. The highest BCUT2D eigenvalue weighted by Gasteiger charge is 2.10. The lowest BCUT2D eigenvalue weighted by molar-refractivity contribution is 0.825. The summed E-state index contributed by atoms with van der Waals surface area (Å²) in [6.07, 6.45) is 9.57. The van der Waals surface area contributed by atoms with Crippen LogP contribution in [0.3, 0.4) is 0 Å². The molecule has 0 unspecified atom stereocenters. The molecule has 0 radical (unpaired) electrons. The Balaban J connectivity index is 2.44. The highest BCUT2D eigenvalue weighted by atomic mass is 14.2. The van der Waals surface area contributed by atoms with E-state index < -0.39 is 0 Å². The summed E-state index contributed by atoms with van der Waals surface area (Å²) in [5.74, 6) is 0. The summed E-state index contributed by atoms with van der Waals surface area (Å²) in [7, 11) is 0. The zero-order chi connectivity index (χ0) is 11.4. The van der Waals surface area contributed by atoms with Gasteiger partial charge < -0.3 is 0 Å². The second kappa shape index (κ2) is 5.16. The first-order chi connectivity index (χ1) is 7.83. The van der Waals surface area contributed by atoms with Gasteiger partial charge in [-0.15, -0.1) is 0 Å². The summed E-state index contributed by atoms with van der Waals surface area (Å²) in [6, 6.07) is 8.71.